The van der Waals surface area contributed by atoms with E-state index in [1.165, 1.54) is 31.5 Å². The van der Waals surface area contributed by atoms with Crippen molar-refractivity contribution >= 4 is 28.3 Å². The fourth-order valence-corrected chi connectivity index (χ4v) is 5.19. The molecule has 0 aliphatic carbocycles. The summed E-state index contributed by atoms with van der Waals surface area (Å²) >= 11 is 0. The lowest BCUT2D eigenvalue weighted by molar-refractivity contribution is 0.331. The maximum Gasteiger partial charge on any atom is 0.222 e. The highest BCUT2D eigenvalue weighted by molar-refractivity contribution is 6.22. The number of hydrogen-bond donors (Lipinski definition) is 3. The zero-order valence-electron chi connectivity index (χ0n) is 22.1. The lowest BCUT2D eigenvalue weighted by atomic mass is 9.99. The molecule has 0 amide bonds. The number of rotatable bonds is 8. The van der Waals surface area contributed by atoms with E-state index in [1.54, 1.807) is 12.4 Å². The summed E-state index contributed by atoms with van der Waals surface area (Å²) in [4.78, 5) is 19.5. The van der Waals surface area contributed by atoms with Crippen molar-refractivity contribution in [3.63, 3.8) is 0 Å². The molecule has 0 saturated carbocycles. The van der Waals surface area contributed by atoms with E-state index in [4.69, 9.17) is 4.99 Å². The molecule has 204 valence electrons. The number of aliphatic imine (C=N–C) groups is 1. The smallest absolute Gasteiger partial charge is 0.222 e. The van der Waals surface area contributed by atoms with Gasteiger partial charge in [0, 0.05) is 47.5 Å². The van der Waals surface area contributed by atoms with Crippen LogP contribution in [-0.2, 0) is 6.54 Å². The van der Waals surface area contributed by atoms with E-state index < -0.39 is 0 Å². The molecule has 0 spiro atoms. The largest absolute Gasteiger partial charge is 0.494 e. The van der Waals surface area contributed by atoms with Gasteiger partial charge in [-0.1, -0.05) is 62.0 Å². The van der Waals surface area contributed by atoms with Gasteiger partial charge in [0.15, 0.2) is 5.88 Å². The summed E-state index contributed by atoms with van der Waals surface area (Å²) in [5.41, 5.74) is 7.17. The Morgan fingerprint density at radius 2 is 1.68 bits per heavy atom. The Hall–Kier alpha value is -4.49. The van der Waals surface area contributed by atoms with Crippen LogP contribution in [0.15, 0.2) is 90.2 Å². The van der Waals surface area contributed by atoms with Gasteiger partial charge in [0.25, 0.3) is 0 Å². The average molecular weight is 533 g/mol. The molecule has 6 rings (SSSR count). The third-order valence-corrected chi connectivity index (χ3v) is 7.16. The van der Waals surface area contributed by atoms with Crippen molar-refractivity contribution in [3.05, 3.63) is 102 Å². The number of anilines is 1. The van der Waals surface area contributed by atoms with Gasteiger partial charge >= 0.3 is 0 Å². The first-order valence-electron chi connectivity index (χ1n) is 13.5. The van der Waals surface area contributed by atoms with Gasteiger partial charge in [0.1, 0.15) is 0 Å². The quantitative estimate of drug-likeness (QED) is 0.184. The Balaban J connectivity index is 0.00000323. The molecule has 0 radical (unpaired) electrons. The fourth-order valence-electron chi connectivity index (χ4n) is 5.19. The van der Waals surface area contributed by atoms with Crippen LogP contribution in [0.5, 0.6) is 5.88 Å². The number of aromatic nitrogens is 3. The SMILES string of the molecule is C.CCNc1ncc(-c2ccc3c(C(=Nc4ccc(CN5CCCC5)cc4)c4ccccc4)c(O)[nH]c3c2)cn1. The van der Waals surface area contributed by atoms with Crippen molar-refractivity contribution < 1.29 is 5.11 Å². The number of nitrogens with one attached hydrogen (secondary N) is 2. The van der Waals surface area contributed by atoms with Crippen LogP contribution in [0.1, 0.15) is 43.9 Å². The van der Waals surface area contributed by atoms with E-state index in [-0.39, 0.29) is 13.3 Å². The van der Waals surface area contributed by atoms with E-state index >= 15 is 0 Å². The molecule has 40 heavy (non-hydrogen) atoms. The average Bonchev–Trinajstić information content (AvgIpc) is 3.60. The molecule has 3 heterocycles. The Morgan fingerprint density at radius 1 is 0.950 bits per heavy atom. The first-order valence-corrected chi connectivity index (χ1v) is 13.5. The van der Waals surface area contributed by atoms with Gasteiger partial charge in [0.2, 0.25) is 5.95 Å². The first-order chi connectivity index (χ1) is 19.2. The summed E-state index contributed by atoms with van der Waals surface area (Å²) in [7, 11) is 0. The van der Waals surface area contributed by atoms with E-state index in [9.17, 15) is 5.11 Å². The lowest BCUT2D eigenvalue weighted by Gasteiger charge is -2.14. The third-order valence-electron chi connectivity index (χ3n) is 7.16. The van der Waals surface area contributed by atoms with Crippen molar-refractivity contribution in [2.45, 2.75) is 33.7 Å². The van der Waals surface area contributed by atoms with Crippen molar-refractivity contribution in [3.8, 4) is 17.0 Å². The number of aromatic amines is 1. The Bertz CT molecular complexity index is 1580. The molecular weight excluding hydrogens is 496 g/mol. The minimum atomic E-state index is 0. The second-order valence-corrected chi connectivity index (χ2v) is 9.91. The molecule has 0 atom stereocenters. The Kier molecular flexibility index (Phi) is 8.22. The molecule has 1 aliphatic heterocycles. The summed E-state index contributed by atoms with van der Waals surface area (Å²) in [6, 6.07) is 24.5. The highest BCUT2D eigenvalue weighted by Gasteiger charge is 2.19. The topological polar surface area (TPSA) is 89.4 Å². The minimum absolute atomic E-state index is 0. The molecule has 1 aliphatic rings. The lowest BCUT2D eigenvalue weighted by Crippen LogP contribution is -2.18. The highest BCUT2D eigenvalue weighted by Crippen LogP contribution is 2.34. The number of nitrogens with zero attached hydrogens (tertiary/aromatic N) is 4. The monoisotopic (exact) mass is 532 g/mol. The number of fused-ring (bicyclic) bond motifs is 1. The van der Waals surface area contributed by atoms with Crippen LogP contribution < -0.4 is 5.32 Å². The van der Waals surface area contributed by atoms with E-state index in [1.807, 2.05) is 55.5 Å². The van der Waals surface area contributed by atoms with Crippen LogP contribution >= 0.6 is 0 Å². The molecule has 2 aromatic heterocycles. The zero-order valence-corrected chi connectivity index (χ0v) is 22.1. The van der Waals surface area contributed by atoms with Gasteiger partial charge in [-0.2, -0.15) is 0 Å². The molecule has 3 N–H and O–H groups in total. The fraction of sp³-hybridized carbons (Fsp3) is 0.242. The highest BCUT2D eigenvalue weighted by atomic mass is 16.3. The molecule has 0 bridgehead atoms. The maximum absolute atomic E-state index is 11.1. The Morgan fingerprint density at radius 3 is 2.38 bits per heavy atom. The van der Waals surface area contributed by atoms with E-state index in [2.05, 4.69) is 49.4 Å². The molecule has 7 nitrogen and oxygen atoms in total. The summed E-state index contributed by atoms with van der Waals surface area (Å²) < 4.78 is 0. The molecule has 7 heteroatoms. The third kappa shape index (κ3) is 5.75. The summed E-state index contributed by atoms with van der Waals surface area (Å²) in [6.45, 7) is 6.11. The number of H-pyrrole nitrogens is 1. The number of hydrogen-bond acceptors (Lipinski definition) is 6. The molecule has 1 saturated heterocycles. The van der Waals surface area contributed by atoms with Crippen molar-refractivity contribution in [2.75, 3.05) is 25.0 Å². The minimum Gasteiger partial charge on any atom is -0.494 e. The van der Waals surface area contributed by atoms with Crippen LogP contribution in [0.25, 0.3) is 22.0 Å². The van der Waals surface area contributed by atoms with Crippen molar-refractivity contribution in [1.82, 2.24) is 19.9 Å². The van der Waals surface area contributed by atoms with Crippen LogP contribution in [0.4, 0.5) is 11.6 Å². The maximum atomic E-state index is 11.1. The number of benzene rings is 3. The van der Waals surface area contributed by atoms with Crippen LogP contribution in [-0.4, -0.2) is 50.3 Å². The number of aromatic hydroxyl groups is 1. The molecule has 3 aromatic carbocycles. The first kappa shape index (κ1) is 27.1. The summed E-state index contributed by atoms with van der Waals surface area (Å²) in [5, 5.41) is 15.1. The molecule has 0 unspecified atom stereocenters. The van der Waals surface area contributed by atoms with Gasteiger partial charge in [-0.3, -0.25) is 4.90 Å². The second kappa shape index (κ2) is 12.1. The summed E-state index contributed by atoms with van der Waals surface area (Å²) in [5.74, 6) is 0.698. The predicted octanol–water partition coefficient (Wildman–Crippen LogP) is 7.16. The van der Waals surface area contributed by atoms with Crippen molar-refractivity contribution in [1.29, 1.82) is 0 Å². The van der Waals surface area contributed by atoms with E-state index in [0.29, 0.717) is 11.5 Å². The molecule has 1 fully saturated rings. The zero-order chi connectivity index (χ0) is 26.6. The second-order valence-electron chi connectivity index (χ2n) is 9.91. The van der Waals surface area contributed by atoms with Gasteiger partial charge in [-0.15, -0.1) is 0 Å². The number of likely N-dealkylation sites (tertiary alicyclic amines) is 1. The van der Waals surface area contributed by atoms with Gasteiger partial charge in [0.05, 0.1) is 17.0 Å². The normalized spacial score (nSPS) is 13.9. The predicted molar refractivity (Wildman–Crippen MR) is 165 cm³/mol. The van der Waals surface area contributed by atoms with Crippen LogP contribution in [0.3, 0.4) is 0 Å². The molecular formula is C33H36N6O. The van der Waals surface area contributed by atoms with Crippen LogP contribution in [0.2, 0.25) is 0 Å². The molecule has 5 aromatic rings. The Labute approximate surface area is 235 Å². The van der Waals surface area contributed by atoms with Crippen molar-refractivity contribution in [2.24, 2.45) is 4.99 Å². The van der Waals surface area contributed by atoms with Crippen LogP contribution in [0, 0.1) is 0 Å². The van der Waals surface area contributed by atoms with E-state index in [0.717, 1.165) is 52.1 Å². The van der Waals surface area contributed by atoms with Gasteiger partial charge < -0.3 is 15.4 Å². The summed E-state index contributed by atoms with van der Waals surface area (Å²) in [6.07, 6.45) is 6.18. The van der Waals surface area contributed by atoms with Gasteiger partial charge in [-0.25, -0.2) is 15.0 Å². The standard InChI is InChI=1S/C32H32N6O.CH4/c1-2-33-32-34-19-25(20-35-32)24-12-15-27-28(18-24)37-31(39)29(27)30(23-8-4-3-5-9-23)36-26-13-10-22(11-14-26)21-38-16-6-7-17-38;/h3-5,8-15,18-20,37,39H,2,6-7,16-17,21H2,1H3,(H,33,34,35);1H4. The van der Waals surface area contributed by atoms with Gasteiger partial charge in [-0.05, 0) is 62.2 Å².